The third-order valence-electron chi connectivity index (χ3n) is 3.88. The van der Waals surface area contributed by atoms with E-state index in [2.05, 4.69) is 0 Å². The molecule has 0 spiro atoms. The topological polar surface area (TPSA) is 147 Å². The lowest BCUT2D eigenvalue weighted by Crippen LogP contribution is -2.02. The Kier molecular flexibility index (Phi) is 11.3. The second-order valence-electron chi connectivity index (χ2n) is 5.80. The predicted molar refractivity (Wildman–Crippen MR) is 127 cm³/mol. The standard InChI is InChI=1S/C26H20N6/c27-15-11-7-3-1-5-9-13-21-23(17-29)25(19-31)22(26(20-32)24(21)18-30)14-10-6-2-4-8-12-16-28/h1-16H,27-28H2/b5-1+,6-2+,7-3+,8-4+,13-9+,14-10+,15-11+,16-12+. The van der Waals surface area contributed by atoms with E-state index in [0.717, 1.165) is 0 Å². The van der Waals surface area contributed by atoms with Crippen molar-refractivity contribution in [3.8, 4) is 24.3 Å². The van der Waals surface area contributed by atoms with Crippen molar-refractivity contribution in [2.45, 2.75) is 0 Å². The molecule has 0 aromatic heterocycles. The Morgan fingerprint density at radius 1 is 0.406 bits per heavy atom. The lowest BCUT2D eigenvalue weighted by Gasteiger charge is -2.10. The SMILES string of the molecule is N#Cc1c(C#N)c(/C=C/C=C/C=C/C=C/N)c(C#N)c(C#N)c1/C=C/C=C/C=C/C=C/N. The Balaban J connectivity index is 3.55. The summed E-state index contributed by atoms with van der Waals surface area (Å²) in [6.07, 6.45) is 26.2. The van der Waals surface area contributed by atoms with Crippen LogP contribution in [0.1, 0.15) is 33.4 Å². The van der Waals surface area contributed by atoms with Crippen molar-refractivity contribution in [1.29, 1.82) is 21.0 Å². The molecule has 0 aliphatic heterocycles. The highest BCUT2D eigenvalue weighted by Gasteiger charge is 2.21. The molecule has 0 aliphatic carbocycles. The molecule has 0 unspecified atom stereocenters. The first kappa shape index (κ1) is 24.7. The minimum absolute atomic E-state index is 0.0333. The molecule has 0 saturated carbocycles. The largest absolute Gasteiger partial charge is 0.405 e. The average Bonchev–Trinajstić information content (AvgIpc) is 2.81. The fourth-order valence-electron chi connectivity index (χ4n) is 2.53. The van der Waals surface area contributed by atoms with E-state index >= 15 is 0 Å². The molecule has 4 N–H and O–H groups in total. The summed E-state index contributed by atoms with van der Waals surface area (Å²) >= 11 is 0. The maximum atomic E-state index is 9.69. The third kappa shape index (κ3) is 6.94. The summed E-state index contributed by atoms with van der Waals surface area (Å²) in [5.74, 6) is 0. The maximum Gasteiger partial charge on any atom is 0.101 e. The Labute approximate surface area is 187 Å². The molecule has 0 amide bonds. The summed E-state index contributed by atoms with van der Waals surface area (Å²) in [5.41, 5.74) is 11.1. The molecule has 0 bridgehead atoms. The molecular weight excluding hydrogens is 396 g/mol. The number of nitrogens with two attached hydrogens (primary N) is 2. The average molecular weight is 416 g/mol. The van der Waals surface area contributed by atoms with E-state index in [4.69, 9.17) is 11.5 Å². The zero-order valence-electron chi connectivity index (χ0n) is 17.2. The van der Waals surface area contributed by atoms with Crippen molar-refractivity contribution >= 4 is 12.2 Å². The van der Waals surface area contributed by atoms with Crippen LogP contribution in [0.15, 0.2) is 85.3 Å². The van der Waals surface area contributed by atoms with E-state index in [1.807, 2.05) is 24.3 Å². The second kappa shape index (κ2) is 14.7. The quantitative estimate of drug-likeness (QED) is 0.601. The smallest absolute Gasteiger partial charge is 0.101 e. The van der Waals surface area contributed by atoms with Gasteiger partial charge in [-0.3, -0.25) is 0 Å². The molecule has 1 rings (SSSR count). The molecule has 6 nitrogen and oxygen atoms in total. The number of nitrogens with zero attached hydrogens (tertiary/aromatic N) is 4. The number of allylic oxidation sites excluding steroid dienone is 12. The zero-order valence-corrected chi connectivity index (χ0v) is 17.2. The van der Waals surface area contributed by atoms with Gasteiger partial charge in [0.25, 0.3) is 0 Å². The Bertz CT molecular complexity index is 1070. The lowest BCUT2D eigenvalue weighted by molar-refractivity contribution is 1.35. The molecule has 0 heterocycles. The molecular formula is C26H20N6. The van der Waals surface area contributed by atoms with Gasteiger partial charge in [-0.05, 0) is 24.6 Å². The number of benzene rings is 1. The van der Waals surface area contributed by atoms with E-state index in [0.29, 0.717) is 0 Å². The van der Waals surface area contributed by atoms with Crippen LogP contribution in [0.5, 0.6) is 0 Å². The first-order valence-electron chi connectivity index (χ1n) is 9.31. The second-order valence-corrected chi connectivity index (χ2v) is 5.80. The normalized spacial score (nSPS) is 12.1. The molecule has 0 saturated heterocycles. The highest BCUT2D eigenvalue weighted by molar-refractivity contribution is 5.80. The summed E-state index contributed by atoms with van der Waals surface area (Å²) in [4.78, 5) is 0. The number of nitriles is 4. The van der Waals surface area contributed by atoms with Gasteiger partial charge in [0.05, 0.1) is 22.3 Å². The van der Waals surface area contributed by atoms with Gasteiger partial charge in [0.1, 0.15) is 24.3 Å². The molecule has 6 heteroatoms. The van der Waals surface area contributed by atoms with Crippen LogP contribution in [0.3, 0.4) is 0 Å². The predicted octanol–water partition coefficient (Wildman–Crippen LogP) is 4.37. The summed E-state index contributed by atoms with van der Waals surface area (Å²) in [5, 5.41) is 38.8. The lowest BCUT2D eigenvalue weighted by atomic mass is 9.87. The Morgan fingerprint density at radius 3 is 0.906 bits per heavy atom. The van der Waals surface area contributed by atoms with E-state index in [1.165, 1.54) is 24.6 Å². The Hall–Kier alpha value is -5.30. The number of rotatable bonds is 8. The van der Waals surface area contributed by atoms with Crippen LogP contribution in [-0.4, -0.2) is 0 Å². The summed E-state index contributed by atoms with van der Waals surface area (Å²) < 4.78 is 0. The minimum Gasteiger partial charge on any atom is -0.405 e. The minimum atomic E-state index is 0.0333. The van der Waals surface area contributed by atoms with Crippen LogP contribution < -0.4 is 11.5 Å². The van der Waals surface area contributed by atoms with Crippen LogP contribution in [0.25, 0.3) is 12.2 Å². The number of hydrogen-bond donors (Lipinski definition) is 2. The molecule has 1 aromatic carbocycles. The van der Waals surface area contributed by atoms with Gasteiger partial charge < -0.3 is 11.5 Å². The van der Waals surface area contributed by atoms with Crippen molar-refractivity contribution < 1.29 is 0 Å². The first-order valence-corrected chi connectivity index (χ1v) is 9.31. The third-order valence-corrected chi connectivity index (χ3v) is 3.88. The van der Waals surface area contributed by atoms with Crippen molar-refractivity contribution in [2.75, 3.05) is 0 Å². The highest BCUT2D eigenvalue weighted by Crippen LogP contribution is 2.29. The van der Waals surface area contributed by atoms with Crippen molar-refractivity contribution in [3.05, 3.63) is 119 Å². The van der Waals surface area contributed by atoms with E-state index < -0.39 is 0 Å². The van der Waals surface area contributed by atoms with Crippen LogP contribution >= 0.6 is 0 Å². The van der Waals surface area contributed by atoms with Crippen molar-refractivity contribution in [3.63, 3.8) is 0 Å². The maximum absolute atomic E-state index is 9.69. The van der Waals surface area contributed by atoms with Crippen LogP contribution in [-0.2, 0) is 0 Å². The Morgan fingerprint density at radius 2 is 0.656 bits per heavy atom. The van der Waals surface area contributed by atoms with E-state index in [-0.39, 0.29) is 33.4 Å². The first-order chi connectivity index (χ1) is 15.7. The number of hydrogen-bond acceptors (Lipinski definition) is 6. The van der Waals surface area contributed by atoms with E-state index in [1.54, 1.807) is 72.9 Å². The molecule has 0 radical (unpaired) electrons. The van der Waals surface area contributed by atoms with Crippen LogP contribution in [0, 0.1) is 45.3 Å². The fraction of sp³-hybridized carbons (Fsp3) is 0. The summed E-state index contributed by atoms with van der Waals surface area (Å²) in [7, 11) is 0. The summed E-state index contributed by atoms with van der Waals surface area (Å²) in [6.45, 7) is 0. The summed E-state index contributed by atoms with van der Waals surface area (Å²) in [6, 6.07) is 7.99. The van der Waals surface area contributed by atoms with Gasteiger partial charge in [0, 0.05) is 11.1 Å². The molecule has 0 fully saturated rings. The molecule has 32 heavy (non-hydrogen) atoms. The van der Waals surface area contributed by atoms with Crippen LogP contribution in [0.2, 0.25) is 0 Å². The van der Waals surface area contributed by atoms with Gasteiger partial charge in [-0.1, -0.05) is 72.9 Å². The van der Waals surface area contributed by atoms with E-state index in [9.17, 15) is 21.0 Å². The van der Waals surface area contributed by atoms with Gasteiger partial charge in [0.15, 0.2) is 0 Å². The van der Waals surface area contributed by atoms with Gasteiger partial charge in [-0.25, -0.2) is 0 Å². The van der Waals surface area contributed by atoms with Crippen molar-refractivity contribution in [1.82, 2.24) is 0 Å². The molecule has 0 atom stereocenters. The van der Waals surface area contributed by atoms with Crippen molar-refractivity contribution in [2.24, 2.45) is 11.5 Å². The zero-order chi connectivity index (χ0) is 23.6. The fourth-order valence-corrected chi connectivity index (χ4v) is 2.53. The molecule has 1 aromatic rings. The van der Waals surface area contributed by atoms with Crippen LogP contribution in [0.4, 0.5) is 0 Å². The molecule has 0 aliphatic rings. The monoisotopic (exact) mass is 416 g/mol. The van der Waals surface area contributed by atoms with Gasteiger partial charge in [0.2, 0.25) is 0 Å². The molecule has 154 valence electrons. The van der Waals surface area contributed by atoms with Gasteiger partial charge in [-0.2, -0.15) is 21.0 Å². The highest BCUT2D eigenvalue weighted by atomic mass is 14.5. The van der Waals surface area contributed by atoms with Gasteiger partial charge in [-0.15, -0.1) is 0 Å². The van der Waals surface area contributed by atoms with Gasteiger partial charge >= 0.3 is 0 Å².